The predicted octanol–water partition coefficient (Wildman–Crippen LogP) is 1.40. The molecule has 0 atom stereocenters. The zero-order valence-electron chi connectivity index (χ0n) is 4.70. The molecule has 0 N–H and O–H groups in total. The minimum absolute atomic E-state index is 0.873. The Hall–Kier alpha value is -1.31. The van der Waals surface area contributed by atoms with Crippen molar-refractivity contribution in [1.29, 1.82) is 0 Å². The molecule has 0 fully saturated rings. The summed E-state index contributed by atoms with van der Waals surface area (Å²) >= 11 is 0. The Labute approximate surface area is 52.8 Å². The number of carbonyl (C=O) groups excluding carboxylic acids is 1. The summed E-state index contributed by atoms with van der Waals surface area (Å²) in [4.78, 5) is 9.66. The maximum absolute atomic E-state index is 9.66. The molecule has 9 heavy (non-hydrogen) atoms. The molecule has 1 radical (unpaired) electrons. The highest BCUT2D eigenvalue weighted by Gasteiger charge is 1.83. The quantitative estimate of drug-likeness (QED) is 0.553. The Morgan fingerprint density at radius 1 is 1.67 bits per heavy atom. The fourth-order valence-electron chi connectivity index (χ4n) is 0.500. The third kappa shape index (κ3) is 1.57. The highest BCUT2D eigenvalue weighted by molar-refractivity contribution is 5.74. The molecule has 0 unspecified atom stereocenters. The van der Waals surface area contributed by atoms with Crippen molar-refractivity contribution in [3.8, 4) is 0 Å². The first-order valence-electron chi connectivity index (χ1n) is 2.50. The summed E-state index contributed by atoms with van der Waals surface area (Å²) in [5.41, 5.74) is 0.873. The van der Waals surface area contributed by atoms with E-state index in [1.54, 1.807) is 31.0 Å². The highest BCUT2D eigenvalue weighted by atomic mass is 16.3. The summed E-state index contributed by atoms with van der Waals surface area (Å²) < 4.78 is 4.73. The van der Waals surface area contributed by atoms with Gasteiger partial charge in [0, 0.05) is 5.56 Å². The van der Waals surface area contributed by atoms with Crippen molar-refractivity contribution in [2.45, 2.75) is 0 Å². The summed E-state index contributed by atoms with van der Waals surface area (Å²) in [7, 11) is 0. The number of furan rings is 1. The van der Waals surface area contributed by atoms with Crippen molar-refractivity contribution in [1.82, 2.24) is 0 Å². The van der Waals surface area contributed by atoms with Gasteiger partial charge in [-0.1, -0.05) is 0 Å². The molecule has 1 heterocycles. The van der Waals surface area contributed by atoms with E-state index in [2.05, 4.69) is 0 Å². The number of hydrogen-bond donors (Lipinski definition) is 0. The van der Waals surface area contributed by atoms with Crippen LogP contribution >= 0.6 is 0 Å². The van der Waals surface area contributed by atoms with Gasteiger partial charge in [0.2, 0.25) is 6.29 Å². The van der Waals surface area contributed by atoms with Crippen LogP contribution in [0.4, 0.5) is 0 Å². The Bertz CT molecular complexity index is 197. The number of rotatable bonds is 2. The molecule has 0 saturated heterocycles. The second-order valence-corrected chi connectivity index (χ2v) is 1.51. The Balaban J connectivity index is 2.67. The standard InChI is InChI=1S/C7H5O2/c8-4-1-2-7-3-5-9-6-7/h1-3,5-6H. The van der Waals surface area contributed by atoms with Crippen LogP contribution in [0.3, 0.4) is 0 Å². The molecule has 0 saturated carbocycles. The summed E-state index contributed by atoms with van der Waals surface area (Å²) in [5, 5.41) is 0. The van der Waals surface area contributed by atoms with Crippen molar-refractivity contribution in [3.63, 3.8) is 0 Å². The van der Waals surface area contributed by atoms with E-state index in [0.717, 1.165) is 5.56 Å². The highest BCUT2D eigenvalue weighted by Crippen LogP contribution is 2.00. The van der Waals surface area contributed by atoms with E-state index in [4.69, 9.17) is 4.42 Å². The van der Waals surface area contributed by atoms with Gasteiger partial charge in [-0.15, -0.1) is 0 Å². The van der Waals surface area contributed by atoms with Crippen molar-refractivity contribution in [2.75, 3.05) is 0 Å². The Morgan fingerprint density at radius 2 is 2.56 bits per heavy atom. The van der Waals surface area contributed by atoms with E-state index in [0.29, 0.717) is 0 Å². The molecule has 1 aromatic heterocycles. The molecule has 2 heteroatoms. The van der Waals surface area contributed by atoms with E-state index < -0.39 is 0 Å². The lowest BCUT2D eigenvalue weighted by Gasteiger charge is -1.72. The molecule has 1 rings (SSSR count). The zero-order valence-corrected chi connectivity index (χ0v) is 4.70. The van der Waals surface area contributed by atoms with Gasteiger partial charge in [0.05, 0.1) is 12.5 Å². The Kier molecular flexibility index (Phi) is 1.85. The molecule has 0 amide bonds. The number of hydrogen-bond acceptors (Lipinski definition) is 2. The zero-order chi connectivity index (χ0) is 6.53. The predicted molar refractivity (Wildman–Crippen MR) is 33.4 cm³/mol. The molecule has 45 valence electrons. The summed E-state index contributed by atoms with van der Waals surface area (Å²) in [6.07, 6.45) is 7.65. The molecule has 0 aliphatic heterocycles. The minimum Gasteiger partial charge on any atom is -0.472 e. The van der Waals surface area contributed by atoms with Crippen LogP contribution in [0.25, 0.3) is 6.08 Å². The van der Waals surface area contributed by atoms with Gasteiger partial charge in [0.15, 0.2) is 0 Å². The van der Waals surface area contributed by atoms with Crippen LogP contribution < -0.4 is 0 Å². The van der Waals surface area contributed by atoms with Crippen LogP contribution in [0.2, 0.25) is 0 Å². The number of allylic oxidation sites excluding steroid dienone is 1. The smallest absolute Gasteiger partial charge is 0.225 e. The lowest BCUT2D eigenvalue weighted by atomic mass is 10.3. The molecule has 0 aromatic carbocycles. The van der Waals surface area contributed by atoms with Crippen molar-refractivity contribution < 1.29 is 9.21 Å². The first-order chi connectivity index (χ1) is 4.43. The molecular weight excluding hydrogens is 116 g/mol. The molecule has 0 bridgehead atoms. The van der Waals surface area contributed by atoms with Gasteiger partial charge < -0.3 is 4.42 Å². The van der Waals surface area contributed by atoms with Gasteiger partial charge in [-0.05, 0) is 18.2 Å². The molecular formula is C7H5O2. The molecule has 0 spiro atoms. The first-order valence-corrected chi connectivity index (χ1v) is 2.50. The van der Waals surface area contributed by atoms with Crippen LogP contribution in [0.5, 0.6) is 0 Å². The minimum atomic E-state index is 0.873. The third-order valence-electron chi connectivity index (χ3n) is 0.887. The molecule has 1 aromatic rings. The van der Waals surface area contributed by atoms with E-state index in [1.807, 2.05) is 0 Å². The lowest BCUT2D eigenvalue weighted by molar-refractivity contribution is 0.564. The third-order valence-corrected chi connectivity index (χ3v) is 0.887. The van der Waals surface area contributed by atoms with E-state index in [1.165, 1.54) is 6.08 Å². The average Bonchev–Trinajstić information content (AvgIpc) is 2.34. The average molecular weight is 121 g/mol. The van der Waals surface area contributed by atoms with Crippen LogP contribution in [0.15, 0.2) is 29.1 Å². The van der Waals surface area contributed by atoms with Crippen LogP contribution in [-0.4, -0.2) is 6.29 Å². The van der Waals surface area contributed by atoms with Crippen molar-refractivity contribution >= 4 is 12.4 Å². The van der Waals surface area contributed by atoms with Gasteiger partial charge in [-0.25, -0.2) is 0 Å². The maximum atomic E-state index is 9.66. The SMILES string of the molecule is O=[C]C=Cc1ccoc1. The molecule has 0 aliphatic rings. The first kappa shape index (κ1) is 5.82. The van der Waals surface area contributed by atoms with Crippen molar-refractivity contribution in [2.24, 2.45) is 0 Å². The molecule has 2 nitrogen and oxygen atoms in total. The second kappa shape index (κ2) is 2.87. The fraction of sp³-hybridized carbons (Fsp3) is 0. The van der Waals surface area contributed by atoms with Crippen LogP contribution in [-0.2, 0) is 4.79 Å². The summed E-state index contributed by atoms with van der Waals surface area (Å²) in [5.74, 6) is 0. The van der Waals surface area contributed by atoms with Gasteiger partial charge >= 0.3 is 0 Å². The maximum Gasteiger partial charge on any atom is 0.225 e. The summed E-state index contributed by atoms with van der Waals surface area (Å²) in [6.45, 7) is 0. The van der Waals surface area contributed by atoms with Crippen LogP contribution in [0, 0.1) is 0 Å². The lowest BCUT2D eigenvalue weighted by Crippen LogP contribution is -1.60. The largest absolute Gasteiger partial charge is 0.472 e. The van der Waals surface area contributed by atoms with Crippen LogP contribution in [0.1, 0.15) is 5.56 Å². The van der Waals surface area contributed by atoms with Gasteiger partial charge in [0.25, 0.3) is 0 Å². The van der Waals surface area contributed by atoms with E-state index in [-0.39, 0.29) is 0 Å². The monoisotopic (exact) mass is 121 g/mol. The summed E-state index contributed by atoms with van der Waals surface area (Å²) in [6, 6.07) is 1.76. The van der Waals surface area contributed by atoms with Gasteiger partial charge in [0.1, 0.15) is 0 Å². The normalized spacial score (nSPS) is 10.2. The second-order valence-electron chi connectivity index (χ2n) is 1.51. The van der Waals surface area contributed by atoms with Crippen molar-refractivity contribution in [3.05, 3.63) is 30.2 Å². The Morgan fingerprint density at radius 3 is 3.11 bits per heavy atom. The van der Waals surface area contributed by atoms with E-state index >= 15 is 0 Å². The van der Waals surface area contributed by atoms with E-state index in [9.17, 15) is 4.79 Å². The van der Waals surface area contributed by atoms with Gasteiger partial charge in [-0.2, -0.15) is 0 Å². The topological polar surface area (TPSA) is 30.2 Å². The fourth-order valence-corrected chi connectivity index (χ4v) is 0.500. The van der Waals surface area contributed by atoms with Gasteiger partial charge in [-0.3, -0.25) is 4.79 Å². The molecule has 0 aliphatic carbocycles.